The number of para-hydroxylation sites is 1. The Hall–Kier alpha value is -2.76. The fraction of sp³-hybridized carbons (Fsp3) is 0.143. The zero-order chi connectivity index (χ0) is 21.0. The van der Waals surface area contributed by atoms with Crippen LogP contribution in [0.25, 0.3) is 16.8 Å². The average Bonchev–Trinajstić information content (AvgIpc) is 3.12. The fourth-order valence-corrected chi connectivity index (χ4v) is 4.13. The molecule has 1 aromatic heterocycles. The Labute approximate surface area is 174 Å². The molecule has 0 saturated carbocycles. The molecule has 1 N–H and O–H groups in total. The van der Waals surface area contributed by atoms with Crippen molar-refractivity contribution in [3.05, 3.63) is 70.2 Å². The molecule has 3 nitrogen and oxygen atoms in total. The van der Waals surface area contributed by atoms with Crippen LogP contribution in [0.4, 0.5) is 18.9 Å². The lowest BCUT2D eigenvalue weighted by molar-refractivity contribution is -0.0327. The minimum atomic E-state index is -4.39. The van der Waals surface area contributed by atoms with Crippen LogP contribution in [0.5, 0.6) is 0 Å². The summed E-state index contributed by atoms with van der Waals surface area (Å²) in [7, 11) is 0. The molecule has 0 bridgehead atoms. The smallest absolute Gasteiger partial charge is 0.359 e. The Kier molecular flexibility index (Phi) is 6.30. The second-order valence-electron chi connectivity index (χ2n) is 6.21. The molecular weight excluding hydrogens is 415 g/mol. The number of benzene rings is 2. The van der Waals surface area contributed by atoms with Crippen molar-refractivity contribution in [2.75, 3.05) is 5.32 Å². The third-order valence-corrected chi connectivity index (χ3v) is 5.68. The number of nitriles is 1. The fourth-order valence-electron chi connectivity index (χ4n) is 2.71. The van der Waals surface area contributed by atoms with Gasteiger partial charge in [0, 0.05) is 22.0 Å². The number of hydrogen-bond acceptors (Lipinski definition) is 5. The van der Waals surface area contributed by atoms with E-state index in [0.717, 1.165) is 22.4 Å². The molecule has 0 aliphatic heterocycles. The number of aromatic nitrogens is 1. The van der Waals surface area contributed by atoms with E-state index in [1.807, 2.05) is 31.4 Å². The van der Waals surface area contributed by atoms with Crippen molar-refractivity contribution < 1.29 is 13.2 Å². The van der Waals surface area contributed by atoms with E-state index in [1.54, 1.807) is 6.07 Å². The number of aryl methyl sites for hydroxylation is 2. The molecule has 0 spiro atoms. The zero-order valence-electron chi connectivity index (χ0n) is 15.5. The van der Waals surface area contributed by atoms with E-state index in [-0.39, 0.29) is 27.9 Å². The predicted octanol–water partition coefficient (Wildman–Crippen LogP) is 7.02. The lowest BCUT2D eigenvalue weighted by Gasteiger charge is -2.10. The van der Waals surface area contributed by atoms with Gasteiger partial charge in [0.25, 0.3) is 0 Å². The van der Waals surface area contributed by atoms with Crippen molar-refractivity contribution in [1.82, 2.24) is 4.98 Å². The van der Waals surface area contributed by atoms with Crippen LogP contribution in [0.3, 0.4) is 0 Å². The number of halogens is 3. The molecule has 0 radical (unpaired) electrons. The van der Waals surface area contributed by atoms with E-state index in [0.29, 0.717) is 5.01 Å². The average molecular weight is 432 g/mol. The third kappa shape index (κ3) is 5.40. The normalized spacial score (nSPS) is 11.9. The SMILES string of the molecule is Cc1ccc(-c2csc(C(C#N)=CNc3ccccc3SC(F)(F)F)n2)c(C)c1. The first-order valence-corrected chi connectivity index (χ1v) is 10.2. The van der Waals surface area contributed by atoms with Crippen LogP contribution >= 0.6 is 23.1 Å². The Morgan fingerprint density at radius 2 is 1.97 bits per heavy atom. The first-order valence-electron chi connectivity index (χ1n) is 8.52. The van der Waals surface area contributed by atoms with Gasteiger partial charge in [-0.1, -0.05) is 35.9 Å². The van der Waals surface area contributed by atoms with Crippen LogP contribution in [0.2, 0.25) is 0 Å². The highest BCUT2D eigenvalue weighted by molar-refractivity contribution is 8.00. The summed E-state index contributed by atoms with van der Waals surface area (Å²) in [4.78, 5) is 4.57. The predicted molar refractivity (Wildman–Crippen MR) is 113 cm³/mol. The maximum absolute atomic E-state index is 12.7. The molecule has 0 amide bonds. The molecule has 1 heterocycles. The van der Waals surface area contributed by atoms with Crippen LogP contribution in [0, 0.1) is 25.2 Å². The molecule has 29 heavy (non-hydrogen) atoms. The number of rotatable bonds is 5. The number of allylic oxidation sites excluding steroid dienone is 1. The number of thiazole rings is 1. The summed E-state index contributed by atoms with van der Waals surface area (Å²) in [6.45, 7) is 4.01. The van der Waals surface area contributed by atoms with Crippen LogP contribution in [0.1, 0.15) is 16.1 Å². The minimum absolute atomic E-state index is 0.0312. The van der Waals surface area contributed by atoms with Gasteiger partial charge in [-0.25, -0.2) is 4.98 Å². The monoisotopic (exact) mass is 431 g/mol. The molecule has 0 aliphatic carbocycles. The number of nitrogens with one attached hydrogen (secondary N) is 1. The summed E-state index contributed by atoms with van der Waals surface area (Å²) < 4.78 is 38.2. The molecule has 3 aromatic rings. The van der Waals surface area contributed by atoms with E-state index in [4.69, 9.17) is 0 Å². The van der Waals surface area contributed by atoms with Gasteiger partial charge in [-0.2, -0.15) is 18.4 Å². The van der Waals surface area contributed by atoms with Gasteiger partial charge in [0.2, 0.25) is 0 Å². The number of nitrogens with zero attached hydrogens (tertiary/aromatic N) is 2. The molecule has 148 valence electrons. The second kappa shape index (κ2) is 8.72. The van der Waals surface area contributed by atoms with E-state index >= 15 is 0 Å². The maximum atomic E-state index is 12.7. The van der Waals surface area contributed by atoms with Gasteiger partial charge in [-0.15, -0.1) is 11.3 Å². The quantitative estimate of drug-likeness (QED) is 0.348. The highest BCUT2D eigenvalue weighted by Crippen LogP contribution is 2.40. The summed E-state index contributed by atoms with van der Waals surface area (Å²) in [5.41, 5.74) is 0.105. The summed E-state index contributed by atoms with van der Waals surface area (Å²) in [6.07, 6.45) is 1.39. The number of anilines is 1. The Morgan fingerprint density at radius 1 is 1.21 bits per heavy atom. The van der Waals surface area contributed by atoms with E-state index < -0.39 is 5.51 Å². The largest absolute Gasteiger partial charge is 0.446 e. The first-order chi connectivity index (χ1) is 13.8. The highest BCUT2D eigenvalue weighted by Gasteiger charge is 2.30. The highest BCUT2D eigenvalue weighted by atomic mass is 32.2. The third-order valence-electron chi connectivity index (χ3n) is 4.00. The van der Waals surface area contributed by atoms with Gasteiger partial charge in [0.05, 0.1) is 11.4 Å². The summed E-state index contributed by atoms with van der Waals surface area (Å²) in [5, 5.41) is 14.7. The Morgan fingerprint density at radius 3 is 2.66 bits per heavy atom. The Balaban J connectivity index is 1.86. The molecule has 0 aliphatic rings. The molecule has 8 heteroatoms. The van der Waals surface area contributed by atoms with Crippen LogP contribution in [-0.2, 0) is 0 Å². The van der Waals surface area contributed by atoms with E-state index in [1.165, 1.54) is 35.7 Å². The lowest BCUT2D eigenvalue weighted by Crippen LogP contribution is -2.01. The van der Waals surface area contributed by atoms with E-state index in [9.17, 15) is 18.4 Å². The summed E-state index contributed by atoms with van der Waals surface area (Å²) >= 11 is 1.11. The molecule has 3 rings (SSSR count). The zero-order valence-corrected chi connectivity index (χ0v) is 17.2. The van der Waals surface area contributed by atoms with Crippen molar-refractivity contribution in [1.29, 1.82) is 5.26 Å². The Bertz CT molecular complexity index is 1100. The van der Waals surface area contributed by atoms with Gasteiger partial charge in [-0.3, -0.25) is 0 Å². The second-order valence-corrected chi connectivity index (χ2v) is 8.18. The van der Waals surface area contributed by atoms with Crippen molar-refractivity contribution in [3.8, 4) is 17.3 Å². The lowest BCUT2D eigenvalue weighted by atomic mass is 10.0. The van der Waals surface area contributed by atoms with Crippen molar-refractivity contribution in [2.24, 2.45) is 0 Å². The molecular formula is C21H16F3N3S2. The molecule has 0 saturated heterocycles. The maximum Gasteiger partial charge on any atom is 0.446 e. The number of hydrogen-bond donors (Lipinski definition) is 1. The first kappa shape index (κ1) is 21.0. The van der Waals surface area contributed by atoms with Crippen molar-refractivity contribution >= 4 is 34.4 Å². The summed E-state index contributed by atoms with van der Waals surface area (Å²) in [5.74, 6) is 0. The van der Waals surface area contributed by atoms with Gasteiger partial charge < -0.3 is 5.32 Å². The van der Waals surface area contributed by atoms with Crippen LogP contribution < -0.4 is 5.32 Å². The number of thioether (sulfide) groups is 1. The van der Waals surface area contributed by atoms with Gasteiger partial charge in [0.15, 0.2) is 0 Å². The standard InChI is InChI=1S/C21H16F3N3S2/c1-13-7-8-16(14(2)9-13)18-12-28-20(27-18)15(10-25)11-26-17-5-3-4-6-19(17)29-21(22,23)24/h3-9,11-12,26H,1-2H3. The topological polar surface area (TPSA) is 48.7 Å². The number of alkyl halides is 3. The van der Waals surface area contributed by atoms with E-state index in [2.05, 4.69) is 22.4 Å². The molecule has 0 fully saturated rings. The van der Waals surface area contributed by atoms with Crippen LogP contribution in [-0.4, -0.2) is 10.5 Å². The minimum Gasteiger partial charge on any atom is -0.359 e. The van der Waals surface area contributed by atoms with Crippen molar-refractivity contribution in [2.45, 2.75) is 24.3 Å². The van der Waals surface area contributed by atoms with Gasteiger partial charge >= 0.3 is 5.51 Å². The summed E-state index contributed by atoms with van der Waals surface area (Å²) in [6, 6.07) is 14.2. The van der Waals surface area contributed by atoms with Crippen LogP contribution in [0.15, 0.2) is 58.9 Å². The molecule has 0 unspecified atom stereocenters. The van der Waals surface area contributed by atoms with Gasteiger partial charge in [-0.05, 0) is 43.3 Å². The van der Waals surface area contributed by atoms with Crippen molar-refractivity contribution in [3.63, 3.8) is 0 Å². The molecule has 0 atom stereocenters. The van der Waals surface area contributed by atoms with Gasteiger partial charge in [0.1, 0.15) is 16.6 Å². The molecule has 2 aromatic carbocycles.